The molecule has 1 heterocycles. The van der Waals surface area contributed by atoms with Gasteiger partial charge in [-0.3, -0.25) is 14.4 Å². The lowest BCUT2D eigenvalue weighted by molar-refractivity contribution is -0.117. The van der Waals surface area contributed by atoms with Crippen molar-refractivity contribution >= 4 is 29.1 Å². The molecule has 25 heavy (non-hydrogen) atoms. The molecule has 1 aliphatic heterocycles. The van der Waals surface area contributed by atoms with E-state index in [1.54, 1.807) is 29.2 Å². The number of nitrogens with one attached hydrogen (secondary N) is 1. The zero-order chi connectivity index (χ0) is 17.8. The summed E-state index contributed by atoms with van der Waals surface area (Å²) in [7, 11) is 0. The molecule has 6 nitrogen and oxygen atoms in total. The van der Waals surface area contributed by atoms with Crippen LogP contribution in [0.4, 0.5) is 11.4 Å². The molecular weight excluding hydrogens is 318 g/mol. The van der Waals surface area contributed by atoms with Crippen LogP contribution in [0.2, 0.25) is 0 Å². The van der Waals surface area contributed by atoms with Gasteiger partial charge in [-0.15, -0.1) is 0 Å². The van der Waals surface area contributed by atoms with E-state index in [9.17, 15) is 14.4 Å². The first-order chi connectivity index (χ1) is 12.0. The maximum absolute atomic E-state index is 12.2. The van der Waals surface area contributed by atoms with E-state index in [1.807, 2.05) is 24.3 Å². The number of nitrogens with two attached hydrogens (primary N) is 1. The van der Waals surface area contributed by atoms with Gasteiger partial charge in [0, 0.05) is 18.7 Å². The van der Waals surface area contributed by atoms with Crippen molar-refractivity contribution in [3.63, 3.8) is 0 Å². The molecule has 1 fully saturated rings. The lowest BCUT2D eigenvalue weighted by Crippen LogP contribution is -2.23. The predicted octanol–water partition coefficient (Wildman–Crippen LogP) is 2.09. The molecule has 6 heteroatoms. The van der Waals surface area contributed by atoms with Gasteiger partial charge in [0.2, 0.25) is 11.8 Å². The maximum atomic E-state index is 12.2. The number of hydrogen-bond acceptors (Lipinski definition) is 3. The van der Waals surface area contributed by atoms with Crippen LogP contribution >= 0.6 is 0 Å². The van der Waals surface area contributed by atoms with Crippen LogP contribution in [0.1, 0.15) is 28.8 Å². The van der Waals surface area contributed by atoms with Crippen molar-refractivity contribution < 1.29 is 14.4 Å². The highest BCUT2D eigenvalue weighted by atomic mass is 16.2. The molecule has 128 valence electrons. The van der Waals surface area contributed by atoms with E-state index >= 15 is 0 Å². The molecule has 1 aliphatic rings. The molecule has 0 saturated carbocycles. The van der Waals surface area contributed by atoms with Crippen LogP contribution in [-0.4, -0.2) is 24.3 Å². The van der Waals surface area contributed by atoms with E-state index in [0.717, 1.165) is 24.2 Å². The summed E-state index contributed by atoms with van der Waals surface area (Å²) in [4.78, 5) is 37.1. The molecule has 1 saturated heterocycles. The zero-order valence-electron chi connectivity index (χ0n) is 13.7. The van der Waals surface area contributed by atoms with Crippen LogP contribution in [0.3, 0.4) is 0 Å². The van der Waals surface area contributed by atoms with Crippen LogP contribution in [0, 0.1) is 0 Å². The summed E-state index contributed by atoms with van der Waals surface area (Å²) in [6, 6.07) is 14.0. The minimum atomic E-state index is -0.587. The number of primary amides is 1. The third-order valence-corrected chi connectivity index (χ3v) is 4.15. The number of hydrogen-bond donors (Lipinski definition) is 2. The summed E-state index contributed by atoms with van der Waals surface area (Å²) < 4.78 is 0. The molecule has 0 radical (unpaired) electrons. The molecule has 2 aromatic rings. The third-order valence-electron chi connectivity index (χ3n) is 4.15. The van der Waals surface area contributed by atoms with Crippen LogP contribution in [-0.2, 0) is 16.0 Å². The number of amides is 3. The van der Waals surface area contributed by atoms with Gasteiger partial charge in [0.15, 0.2) is 0 Å². The number of para-hydroxylation sites is 1. The molecule has 0 bridgehead atoms. The third kappa shape index (κ3) is 3.85. The van der Waals surface area contributed by atoms with Crippen molar-refractivity contribution in [1.29, 1.82) is 0 Å². The average molecular weight is 337 g/mol. The van der Waals surface area contributed by atoms with Gasteiger partial charge in [-0.2, -0.15) is 0 Å². The van der Waals surface area contributed by atoms with Gasteiger partial charge in [0.25, 0.3) is 5.91 Å². The molecular formula is C19H19N3O3. The van der Waals surface area contributed by atoms with E-state index in [4.69, 9.17) is 5.73 Å². The Morgan fingerprint density at radius 2 is 1.80 bits per heavy atom. The fourth-order valence-corrected chi connectivity index (χ4v) is 2.90. The van der Waals surface area contributed by atoms with E-state index in [2.05, 4.69) is 5.32 Å². The monoisotopic (exact) mass is 337 g/mol. The molecule has 0 spiro atoms. The van der Waals surface area contributed by atoms with Crippen molar-refractivity contribution in [2.45, 2.75) is 19.3 Å². The normalized spacial score (nSPS) is 13.8. The number of carbonyl (C=O) groups is 3. The Morgan fingerprint density at radius 3 is 2.44 bits per heavy atom. The molecule has 0 unspecified atom stereocenters. The molecule has 3 rings (SSSR count). The van der Waals surface area contributed by atoms with Crippen molar-refractivity contribution in [2.24, 2.45) is 5.73 Å². The Morgan fingerprint density at radius 1 is 1.08 bits per heavy atom. The summed E-state index contributed by atoms with van der Waals surface area (Å²) in [6.07, 6.45) is 1.63. The number of benzene rings is 2. The van der Waals surface area contributed by atoms with E-state index < -0.39 is 5.91 Å². The first-order valence-corrected chi connectivity index (χ1v) is 8.12. The Hall–Kier alpha value is -3.15. The van der Waals surface area contributed by atoms with Crippen LogP contribution in [0.5, 0.6) is 0 Å². The van der Waals surface area contributed by atoms with Gasteiger partial charge in [-0.1, -0.05) is 24.3 Å². The summed E-state index contributed by atoms with van der Waals surface area (Å²) >= 11 is 0. The topological polar surface area (TPSA) is 92.5 Å². The quantitative estimate of drug-likeness (QED) is 0.875. The summed E-state index contributed by atoms with van der Waals surface area (Å²) in [5.74, 6) is -0.692. The molecule has 3 amide bonds. The number of nitrogens with zero attached hydrogens (tertiary/aromatic N) is 1. The van der Waals surface area contributed by atoms with Gasteiger partial charge < -0.3 is 16.0 Å². The zero-order valence-corrected chi connectivity index (χ0v) is 13.7. The SMILES string of the molecule is NC(=O)c1ccccc1NC(=O)Cc1ccc(N2CCCC2=O)cc1. The maximum Gasteiger partial charge on any atom is 0.250 e. The van der Waals surface area contributed by atoms with E-state index in [1.165, 1.54) is 0 Å². The van der Waals surface area contributed by atoms with Crippen LogP contribution < -0.4 is 16.0 Å². The predicted molar refractivity (Wildman–Crippen MR) is 95.3 cm³/mol. The van der Waals surface area contributed by atoms with Crippen molar-refractivity contribution in [2.75, 3.05) is 16.8 Å². The van der Waals surface area contributed by atoms with E-state index in [0.29, 0.717) is 12.1 Å². The Kier molecular flexibility index (Phi) is 4.79. The highest BCUT2D eigenvalue weighted by molar-refractivity contribution is 6.03. The van der Waals surface area contributed by atoms with Crippen molar-refractivity contribution in [3.05, 3.63) is 59.7 Å². The van der Waals surface area contributed by atoms with Crippen molar-refractivity contribution in [3.8, 4) is 0 Å². The second-order valence-corrected chi connectivity index (χ2v) is 5.95. The number of rotatable bonds is 5. The van der Waals surface area contributed by atoms with Gasteiger partial charge in [-0.25, -0.2) is 0 Å². The fourth-order valence-electron chi connectivity index (χ4n) is 2.90. The van der Waals surface area contributed by atoms with Gasteiger partial charge in [-0.05, 0) is 36.2 Å². The lowest BCUT2D eigenvalue weighted by Gasteiger charge is -2.16. The molecule has 0 atom stereocenters. The Labute approximate surface area is 145 Å². The van der Waals surface area contributed by atoms with Gasteiger partial charge in [0.1, 0.15) is 0 Å². The highest BCUT2D eigenvalue weighted by Gasteiger charge is 2.21. The van der Waals surface area contributed by atoms with E-state index in [-0.39, 0.29) is 23.8 Å². The van der Waals surface area contributed by atoms with Crippen LogP contribution in [0.15, 0.2) is 48.5 Å². The molecule has 2 aromatic carbocycles. The smallest absolute Gasteiger partial charge is 0.250 e. The number of carbonyl (C=O) groups excluding carboxylic acids is 3. The Bertz CT molecular complexity index is 815. The van der Waals surface area contributed by atoms with Crippen molar-refractivity contribution in [1.82, 2.24) is 0 Å². The highest BCUT2D eigenvalue weighted by Crippen LogP contribution is 2.22. The summed E-state index contributed by atoms with van der Waals surface area (Å²) in [5, 5.41) is 2.71. The van der Waals surface area contributed by atoms with Gasteiger partial charge in [0.05, 0.1) is 17.7 Å². The largest absolute Gasteiger partial charge is 0.366 e. The molecule has 0 aliphatic carbocycles. The standard InChI is InChI=1S/C19H19N3O3/c20-19(25)15-4-1-2-5-16(15)21-17(23)12-13-7-9-14(10-8-13)22-11-3-6-18(22)24/h1-2,4-5,7-10H,3,6,11-12H2,(H2,20,25)(H,21,23). The fraction of sp³-hybridized carbons (Fsp3) is 0.211. The number of anilines is 2. The molecule has 0 aromatic heterocycles. The summed E-state index contributed by atoms with van der Waals surface area (Å²) in [6.45, 7) is 0.739. The minimum Gasteiger partial charge on any atom is -0.366 e. The summed E-state index contributed by atoms with van der Waals surface area (Å²) in [5.41, 5.74) is 7.66. The average Bonchev–Trinajstić information content (AvgIpc) is 3.02. The lowest BCUT2D eigenvalue weighted by atomic mass is 10.1. The first-order valence-electron chi connectivity index (χ1n) is 8.12. The first kappa shape index (κ1) is 16.7. The van der Waals surface area contributed by atoms with Crippen LogP contribution in [0.25, 0.3) is 0 Å². The van der Waals surface area contributed by atoms with Gasteiger partial charge >= 0.3 is 0 Å². The Balaban J connectivity index is 1.65. The minimum absolute atomic E-state index is 0.133. The second-order valence-electron chi connectivity index (χ2n) is 5.95. The second kappa shape index (κ2) is 7.17. The molecule has 3 N–H and O–H groups in total.